The van der Waals surface area contributed by atoms with Crippen molar-refractivity contribution in [3.05, 3.63) is 24.0 Å². The van der Waals surface area contributed by atoms with Gasteiger partial charge in [0.1, 0.15) is 0 Å². The van der Waals surface area contributed by atoms with Gasteiger partial charge >= 0.3 is 0 Å². The molecule has 0 saturated carbocycles. The zero-order valence-electron chi connectivity index (χ0n) is 10.7. The summed E-state index contributed by atoms with van der Waals surface area (Å²) in [6.45, 7) is 9.54. The Balaban J connectivity index is 2.27. The standard InChI is InChI=1S/C13H25N3/c1-11(8-14)4-6-16-10-13(2,3)12-5-7-15-9-12/h5,7,9,11,15-16H,4,6,8,10,14H2,1-3H3. The number of aromatic nitrogens is 1. The normalized spacial score (nSPS) is 14.0. The molecule has 0 saturated heterocycles. The van der Waals surface area contributed by atoms with E-state index < -0.39 is 0 Å². The van der Waals surface area contributed by atoms with Crippen LogP contribution in [-0.4, -0.2) is 24.6 Å². The van der Waals surface area contributed by atoms with Gasteiger partial charge < -0.3 is 16.0 Å². The fraction of sp³-hybridized carbons (Fsp3) is 0.692. The van der Waals surface area contributed by atoms with Crippen LogP contribution in [0.1, 0.15) is 32.8 Å². The average molecular weight is 223 g/mol. The third-order valence-corrected chi connectivity index (χ3v) is 3.16. The van der Waals surface area contributed by atoms with Crippen molar-refractivity contribution in [2.45, 2.75) is 32.6 Å². The Kier molecular flexibility index (Phi) is 5.03. The zero-order chi connectivity index (χ0) is 12.0. The molecule has 0 bridgehead atoms. The first-order valence-corrected chi connectivity index (χ1v) is 6.10. The van der Waals surface area contributed by atoms with Crippen LogP contribution in [0.3, 0.4) is 0 Å². The fourth-order valence-corrected chi connectivity index (χ4v) is 1.71. The summed E-state index contributed by atoms with van der Waals surface area (Å²) in [4.78, 5) is 3.11. The predicted molar refractivity (Wildman–Crippen MR) is 69.5 cm³/mol. The lowest BCUT2D eigenvalue weighted by atomic mass is 9.86. The quantitative estimate of drug-likeness (QED) is 0.618. The zero-order valence-corrected chi connectivity index (χ0v) is 10.7. The summed E-state index contributed by atoms with van der Waals surface area (Å²) in [5.74, 6) is 0.614. The summed E-state index contributed by atoms with van der Waals surface area (Å²) in [7, 11) is 0. The molecule has 0 aromatic carbocycles. The number of nitrogens with two attached hydrogens (primary N) is 1. The second-order valence-electron chi connectivity index (χ2n) is 5.29. The maximum Gasteiger partial charge on any atom is 0.00437 e. The minimum absolute atomic E-state index is 0.186. The topological polar surface area (TPSA) is 53.8 Å². The van der Waals surface area contributed by atoms with Crippen LogP contribution in [0.2, 0.25) is 0 Å². The van der Waals surface area contributed by atoms with Gasteiger partial charge in [0, 0.05) is 24.4 Å². The Hall–Kier alpha value is -0.800. The van der Waals surface area contributed by atoms with E-state index in [9.17, 15) is 0 Å². The number of H-pyrrole nitrogens is 1. The second-order valence-corrected chi connectivity index (χ2v) is 5.29. The molecular formula is C13H25N3. The van der Waals surface area contributed by atoms with Crippen LogP contribution < -0.4 is 11.1 Å². The Labute approximate surface area is 98.8 Å². The molecule has 0 fully saturated rings. The molecule has 4 N–H and O–H groups in total. The van der Waals surface area contributed by atoms with Gasteiger partial charge in [0.25, 0.3) is 0 Å². The Morgan fingerprint density at radius 3 is 2.81 bits per heavy atom. The van der Waals surface area contributed by atoms with Gasteiger partial charge in [0.2, 0.25) is 0 Å². The molecule has 0 amide bonds. The molecule has 3 heteroatoms. The van der Waals surface area contributed by atoms with Gasteiger partial charge in [-0.25, -0.2) is 0 Å². The molecule has 1 unspecified atom stereocenters. The van der Waals surface area contributed by atoms with Gasteiger partial charge in [-0.1, -0.05) is 20.8 Å². The molecule has 0 radical (unpaired) electrons. The highest BCUT2D eigenvalue weighted by molar-refractivity contribution is 5.20. The van der Waals surface area contributed by atoms with E-state index in [1.165, 1.54) is 5.56 Å². The Morgan fingerprint density at radius 2 is 2.25 bits per heavy atom. The third kappa shape index (κ3) is 3.99. The SMILES string of the molecule is CC(CN)CCNCC(C)(C)c1cc[nH]c1. The van der Waals surface area contributed by atoms with E-state index in [2.05, 4.69) is 43.3 Å². The predicted octanol–water partition coefficient (Wildman–Crippen LogP) is 1.87. The van der Waals surface area contributed by atoms with E-state index in [1.54, 1.807) is 0 Å². The Bertz CT molecular complexity index is 277. The minimum Gasteiger partial charge on any atom is -0.367 e. The maximum absolute atomic E-state index is 5.59. The lowest BCUT2D eigenvalue weighted by Crippen LogP contribution is -2.34. The first kappa shape index (κ1) is 13.3. The summed E-state index contributed by atoms with van der Waals surface area (Å²) in [5.41, 5.74) is 7.13. The summed E-state index contributed by atoms with van der Waals surface area (Å²) in [6.07, 6.45) is 5.21. The molecular weight excluding hydrogens is 198 g/mol. The summed E-state index contributed by atoms with van der Waals surface area (Å²) in [5, 5.41) is 3.51. The van der Waals surface area contributed by atoms with Crippen LogP contribution in [-0.2, 0) is 5.41 Å². The van der Waals surface area contributed by atoms with Crippen molar-refractivity contribution in [2.24, 2.45) is 11.7 Å². The Morgan fingerprint density at radius 1 is 1.50 bits per heavy atom. The van der Waals surface area contributed by atoms with Crippen molar-refractivity contribution in [3.63, 3.8) is 0 Å². The molecule has 3 nitrogen and oxygen atoms in total. The average Bonchev–Trinajstić information content (AvgIpc) is 2.78. The molecule has 1 aromatic heterocycles. The second kappa shape index (κ2) is 6.06. The third-order valence-electron chi connectivity index (χ3n) is 3.16. The number of nitrogens with one attached hydrogen (secondary N) is 2. The highest BCUT2D eigenvalue weighted by Gasteiger charge is 2.20. The molecule has 1 rings (SSSR count). The summed E-state index contributed by atoms with van der Waals surface area (Å²) >= 11 is 0. The molecule has 0 aliphatic rings. The largest absolute Gasteiger partial charge is 0.367 e. The van der Waals surface area contributed by atoms with Gasteiger partial charge in [-0.2, -0.15) is 0 Å². The van der Waals surface area contributed by atoms with Gasteiger partial charge in [-0.15, -0.1) is 0 Å². The summed E-state index contributed by atoms with van der Waals surface area (Å²) in [6, 6.07) is 2.14. The van der Waals surface area contributed by atoms with Gasteiger partial charge in [0.15, 0.2) is 0 Å². The van der Waals surface area contributed by atoms with Crippen molar-refractivity contribution in [1.29, 1.82) is 0 Å². The van der Waals surface area contributed by atoms with E-state index in [1.807, 2.05) is 6.20 Å². The number of aromatic amines is 1. The van der Waals surface area contributed by atoms with Gasteiger partial charge in [-0.05, 0) is 37.1 Å². The number of hydrogen-bond donors (Lipinski definition) is 3. The van der Waals surface area contributed by atoms with Crippen molar-refractivity contribution in [1.82, 2.24) is 10.3 Å². The van der Waals surface area contributed by atoms with Gasteiger partial charge in [-0.3, -0.25) is 0 Å². The highest BCUT2D eigenvalue weighted by atomic mass is 14.9. The van der Waals surface area contributed by atoms with Crippen LogP contribution in [0.4, 0.5) is 0 Å². The highest BCUT2D eigenvalue weighted by Crippen LogP contribution is 2.21. The molecule has 1 atom stereocenters. The van der Waals surface area contributed by atoms with E-state index in [4.69, 9.17) is 5.73 Å². The summed E-state index contributed by atoms with van der Waals surface area (Å²) < 4.78 is 0. The molecule has 0 aliphatic heterocycles. The molecule has 0 spiro atoms. The number of rotatable bonds is 7. The molecule has 92 valence electrons. The number of hydrogen-bond acceptors (Lipinski definition) is 2. The van der Waals surface area contributed by atoms with Crippen LogP contribution in [0.15, 0.2) is 18.5 Å². The molecule has 1 heterocycles. The lowest BCUT2D eigenvalue weighted by molar-refractivity contribution is 0.441. The van der Waals surface area contributed by atoms with Crippen LogP contribution in [0, 0.1) is 5.92 Å². The lowest BCUT2D eigenvalue weighted by Gasteiger charge is -2.24. The van der Waals surface area contributed by atoms with E-state index in [0.29, 0.717) is 5.92 Å². The van der Waals surface area contributed by atoms with E-state index in [-0.39, 0.29) is 5.41 Å². The van der Waals surface area contributed by atoms with E-state index >= 15 is 0 Å². The fourth-order valence-electron chi connectivity index (χ4n) is 1.71. The first-order chi connectivity index (χ1) is 7.56. The smallest absolute Gasteiger partial charge is 0.00437 e. The monoisotopic (exact) mass is 223 g/mol. The van der Waals surface area contributed by atoms with Crippen molar-refractivity contribution < 1.29 is 0 Å². The van der Waals surface area contributed by atoms with Gasteiger partial charge in [0.05, 0.1) is 0 Å². The van der Waals surface area contributed by atoms with Crippen molar-refractivity contribution >= 4 is 0 Å². The minimum atomic E-state index is 0.186. The first-order valence-electron chi connectivity index (χ1n) is 6.10. The molecule has 0 aliphatic carbocycles. The van der Waals surface area contributed by atoms with Crippen molar-refractivity contribution in [3.8, 4) is 0 Å². The van der Waals surface area contributed by atoms with E-state index in [0.717, 1.165) is 26.1 Å². The van der Waals surface area contributed by atoms with Crippen LogP contribution in [0.25, 0.3) is 0 Å². The molecule has 1 aromatic rings. The van der Waals surface area contributed by atoms with Crippen LogP contribution in [0.5, 0.6) is 0 Å². The molecule has 16 heavy (non-hydrogen) atoms. The maximum atomic E-state index is 5.59. The van der Waals surface area contributed by atoms with Crippen molar-refractivity contribution in [2.75, 3.05) is 19.6 Å². The van der Waals surface area contributed by atoms with Crippen LogP contribution >= 0.6 is 0 Å².